The Bertz CT molecular complexity index is 678. The molecule has 1 aromatic carbocycles. The summed E-state index contributed by atoms with van der Waals surface area (Å²) in [5.41, 5.74) is 2.68. The summed E-state index contributed by atoms with van der Waals surface area (Å²) in [7, 11) is 1.58. The molecule has 0 saturated heterocycles. The van der Waals surface area contributed by atoms with Crippen LogP contribution in [-0.4, -0.2) is 36.4 Å². The maximum absolute atomic E-state index is 11.7. The van der Waals surface area contributed by atoms with Gasteiger partial charge in [0.1, 0.15) is 0 Å². The van der Waals surface area contributed by atoms with Crippen LogP contribution in [0.15, 0.2) is 54.7 Å². The number of methoxy groups -OCH3 is 1. The fraction of sp³-hybridized carbons (Fsp3) is 0.316. The smallest absolute Gasteiger partial charge is 0.408 e. The van der Waals surface area contributed by atoms with Crippen molar-refractivity contribution in [2.45, 2.75) is 19.4 Å². The molecule has 1 amide bonds. The van der Waals surface area contributed by atoms with Gasteiger partial charge in [0.15, 0.2) is 11.5 Å². The van der Waals surface area contributed by atoms with Gasteiger partial charge in [-0.05, 0) is 42.2 Å². The lowest BCUT2D eigenvalue weighted by molar-refractivity contribution is 0.129. The molecule has 1 atom stereocenters. The normalized spacial score (nSPS) is 17.4. The Morgan fingerprint density at radius 3 is 2.67 bits per heavy atom. The summed E-state index contributed by atoms with van der Waals surface area (Å²) in [4.78, 5) is 13.1. The monoisotopic (exact) mass is 329 g/mol. The Morgan fingerprint density at radius 2 is 2.12 bits per heavy atom. The number of rotatable bonds is 6. The van der Waals surface area contributed by atoms with Crippen molar-refractivity contribution in [2.75, 3.05) is 20.3 Å². The van der Waals surface area contributed by atoms with E-state index in [1.165, 1.54) is 4.90 Å². The third-order valence-electron chi connectivity index (χ3n) is 4.11. The van der Waals surface area contributed by atoms with Crippen LogP contribution in [-0.2, 0) is 0 Å². The van der Waals surface area contributed by atoms with Crippen LogP contribution in [0.25, 0.3) is 0 Å². The second kappa shape index (κ2) is 7.73. The van der Waals surface area contributed by atoms with Gasteiger partial charge in [0.05, 0.1) is 19.8 Å². The van der Waals surface area contributed by atoms with E-state index in [9.17, 15) is 9.90 Å². The van der Waals surface area contributed by atoms with E-state index < -0.39 is 12.1 Å². The molecule has 0 unspecified atom stereocenters. The molecule has 0 radical (unpaired) electrons. The molecule has 0 aromatic heterocycles. The van der Waals surface area contributed by atoms with Crippen LogP contribution >= 0.6 is 0 Å². The van der Waals surface area contributed by atoms with E-state index in [0.29, 0.717) is 31.1 Å². The SMILES string of the molecule is C=CC1=C(C=C)[C@H](c2ccc(OC)c(OCC)c2)N(C(=O)O)CC1. The summed E-state index contributed by atoms with van der Waals surface area (Å²) < 4.78 is 10.9. The van der Waals surface area contributed by atoms with Crippen molar-refractivity contribution in [2.24, 2.45) is 0 Å². The minimum atomic E-state index is -0.962. The average Bonchev–Trinajstić information content (AvgIpc) is 2.60. The number of hydrogen-bond acceptors (Lipinski definition) is 3. The van der Waals surface area contributed by atoms with Crippen molar-refractivity contribution in [3.8, 4) is 11.5 Å². The van der Waals surface area contributed by atoms with Crippen molar-refractivity contribution in [3.63, 3.8) is 0 Å². The third kappa shape index (κ3) is 3.30. The fourth-order valence-corrected chi connectivity index (χ4v) is 3.02. The molecule has 2 rings (SSSR count). The summed E-state index contributed by atoms with van der Waals surface area (Å²) in [5.74, 6) is 1.21. The molecule has 0 saturated carbocycles. The zero-order chi connectivity index (χ0) is 17.7. The molecule has 24 heavy (non-hydrogen) atoms. The molecule has 5 nitrogen and oxygen atoms in total. The van der Waals surface area contributed by atoms with E-state index in [0.717, 1.165) is 16.7 Å². The van der Waals surface area contributed by atoms with Crippen molar-refractivity contribution in [1.82, 2.24) is 4.90 Å². The number of allylic oxidation sites excluding steroid dienone is 1. The van der Waals surface area contributed by atoms with Crippen LogP contribution in [0.1, 0.15) is 24.9 Å². The summed E-state index contributed by atoms with van der Waals surface area (Å²) in [6.45, 7) is 10.5. The maximum atomic E-state index is 11.7. The molecular formula is C19H23NO4. The molecule has 0 fully saturated rings. The molecule has 0 bridgehead atoms. The Kier molecular flexibility index (Phi) is 5.68. The highest BCUT2D eigenvalue weighted by Gasteiger charge is 2.32. The van der Waals surface area contributed by atoms with Crippen molar-refractivity contribution in [1.29, 1.82) is 0 Å². The first-order chi connectivity index (χ1) is 11.6. The van der Waals surface area contributed by atoms with Crippen molar-refractivity contribution in [3.05, 3.63) is 60.2 Å². The summed E-state index contributed by atoms with van der Waals surface area (Å²) in [6, 6.07) is 5.05. The topological polar surface area (TPSA) is 59.0 Å². The summed E-state index contributed by atoms with van der Waals surface area (Å²) in [6.07, 6.45) is 3.15. The largest absolute Gasteiger partial charge is 0.493 e. The molecule has 1 heterocycles. The first-order valence-electron chi connectivity index (χ1n) is 7.85. The van der Waals surface area contributed by atoms with Gasteiger partial charge in [0, 0.05) is 6.54 Å². The zero-order valence-electron chi connectivity index (χ0n) is 14.1. The molecule has 0 spiro atoms. The highest BCUT2D eigenvalue weighted by molar-refractivity contribution is 5.68. The fourth-order valence-electron chi connectivity index (χ4n) is 3.02. The molecule has 128 valence electrons. The van der Waals surface area contributed by atoms with Crippen molar-refractivity contribution < 1.29 is 19.4 Å². The molecule has 1 aliphatic rings. The van der Waals surface area contributed by atoms with Gasteiger partial charge in [-0.15, -0.1) is 0 Å². The van der Waals surface area contributed by atoms with Gasteiger partial charge in [-0.3, -0.25) is 4.90 Å². The first kappa shape index (κ1) is 17.7. The van der Waals surface area contributed by atoms with E-state index in [2.05, 4.69) is 13.2 Å². The summed E-state index contributed by atoms with van der Waals surface area (Å²) in [5, 5.41) is 9.60. The Balaban J connectivity index is 2.59. The van der Waals surface area contributed by atoms with Crippen LogP contribution in [0.4, 0.5) is 4.79 Å². The molecule has 1 N–H and O–H groups in total. The van der Waals surface area contributed by atoms with E-state index in [4.69, 9.17) is 9.47 Å². The molecule has 1 aromatic rings. The van der Waals surface area contributed by atoms with Gasteiger partial charge >= 0.3 is 6.09 Å². The van der Waals surface area contributed by atoms with Gasteiger partial charge < -0.3 is 14.6 Å². The predicted octanol–water partition coefficient (Wildman–Crippen LogP) is 4.19. The van der Waals surface area contributed by atoms with Crippen LogP contribution in [0.5, 0.6) is 11.5 Å². The molecular weight excluding hydrogens is 306 g/mol. The minimum Gasteiger partial charge on any atom is -0.493 e. The lowest BCUT2D eigenvalue weighted by Gasteiger charge is -2.36. The Morgan fingerprint density at radius 1 is 1.38 bits per heavy atom. The number of benzene rings is 1. The average molecular weight is 329 g/mol. The van der Waals surface area contributed by atoms with Crippen LogP contribution in [0, 0.1) is 0 Å². The van der Waals surface area contributed by atoms with E-state index >= 15 is 0 Å². The van der Waals surface area contributed by atoms with E-state index in [1.807, 2.05) is 19.1 Å². The van der Waals surface area contributed by atoms with Crippen LogP contribution in [0.3, 0.4) is 0 Å². The molecule has 5 heteroatoms. The maximum Gasteiger partial charge on any atom is 0.408 e. The second-order valence-corrected chi connectivity index (χ2v) is 5.36. The lowest BCUT2D eigenvalue weighted by atomic mass is 9.88. The number of ether oxygens (including phenoxy) is 2. The van der Waals surface area contributed by atoms with Gasteiger partial charge in [0.2, 0.25) is 0 Å². The van der Waals surface area contributed by atoms with Crippen LogP contribution < -0.4 is 9.47 Å². The number of carboxylic acid groups (broad SMARTS) is 1. The minimum absolute atomic E-state index is 0.411. The molecule has 1 aliphatic heterocycles. The van der Waals surface area contributed by atoms with E-state index in [1.54, 1.807) is 25.3 Å². The van der Waals surface area contributed by atoms with Gasteiger partial charge in [-0.25, -0.2) is 4.79 Å². The van der Waals surface area contributed by atoms with Gasteiger partial charge in [0.25, 0.3) is 0 Å². The third-order valence-corrected chi connectivity index (χ3v) is 4.11. The van der Waals surface area contributed by atoms with Crippen LogP contribution in [0.2, 0.25) is 0 Å². The molecule has 0 aliphatic carbocycles. The highest BCUT2D eigenvalue weighted by Crippen LogP contribution is 2.40. The van der Waals surface area contributed by atoms with Gasteiger partial charge in [-0.1, -0.05) is 31.4 Å². The van der Waals surface area contributed by atoms with E-state index in [-0.39, 0.29) is 0 Å². The quantitative estimate of drug-likeness (QED) is 0.850. The Labute approximate surface area is 142 Å². The standard InChI is InChI=1S/C19H23NO4/c1-5-13-10-11-20(19(21)22)18(15(13)6-2)14-8-9-16(23-4)17(12-14)24-7-3/h5-6,8-9,12,18H,1-2,7,10-11H2,3-4H3,(H,21,22)/t18-/m0/s1. The number of amides is 1. The van der Waals surface area contributed by atoms with Crippen molar-refractivity contribution >= 4 is 6.09 Å². The zero-order valence-corrected chi connectivity index (χ0v) is 14.1. The number of hydrogen-bond donors (Lipinski definition) is 1. The van der Waals surface area contributed by atoms with Gasteiger partial charge in [-0.2, -0.15) is 0 Å². The lowest BCUT2D eigenvalue weighted by Crippen LogP contribution is -2.38. The predicted molar refractivity (Wildman–Crippen MR) is 93.7 cm³/mol. The first-order valence-corrected chi connectivity index (χ1v) is 7.85. The second-order valence-electron chi connectivity index (χ2n) is 5.36. The Hall–Kier alpha value is -2.69. The number of nitrogens with zero attached hydrogens (tertiary/aromatic N) is 1. The highest BCUT2D eigenvalue weighted by atomic mass is 16.5. The number of carbonyl (C=O) groups is 1. The summed E-state index contributed by atoms with van der Waals surface area (Å²) >= 11 is 0.